The maximum atomic E-state index is 15.3. The highest BCUT2D eigenvalue weighted by molar-refractivity contribution is 6.99. The van der Waals surface area contributed by atoms with Crippen LogP contribution < -0.4 is 20.0 Å². The van der Waals surface area contributed by atoms with Crippen molar-refractivity contribution in [3.8, 4) is 6.01 Å². The molecule has 2 aromatic heterocycles. The van der Waals surface area contributed by atoms with Crippen LogP contribution in [0.3, 0.4) is 0 Å². The quantitative estimate of drug-likeness (QED) is 0.137. The summed E-state index contributed by atoms with van der Waals surface area (Å²) in [5.41, 5.74) is -0.345. The summed E-state index contributed by atoms with van der Waals surface area (Å²) in [5, 5.41) is 2.26. The van der Waals surface area contributed by atoms with Crippen LogP contribution >= 0.6 is 11.6 Å². The highest BCUT2D eigenvalue weighted by atomic mass is 35.5. The molecular weight excluding hydrogens is 667 g/mol. The molecule has 0 saturated carbocycles. The van der Waals surface area contributed by atoms with Crippen LogP contribution in [0.1, 0.15) is 59.3 Å². The van der Waals surface area contributed by atoms with Crippen LogP contribution in [0.15, 0.2) is 66.9 Å². The zero-order chi connectivity index (χ0) is 34.4. The van der Waals surface area contributed by atoms with Crippen molar-refractivity contribution < 1.29 is 22.3 Å². The number of hydrogen-bond donors (Lipinski definition) is 0. The number of ether oxygens (including phenoxy) is 1. The lowest BCUT2D eigenvalue weighted by molar-refractivity contribution is -0.0118. The second kappa shape index (κ2) is 13.1. The Morgan fingerprint density at radius 1 is 0.939 bits per heavy atom. The molecule has 0 bridgehead atoms. The molecular formula is C37H43ClF3N5O2Si. The molecule has 3 aliphatic rings. The van der Waals surface area contributed by atoms with E-state index in [1.165, 1.54) is 21.5 Å². The van der Waals surface area contributed by atoms with Gasteiger partial charge in [0.25, 0.3) is 14.2 Å². The first-order valence-electron chi connectivity index (χ1n) is 17.2. The van der Waals surface area contributed by atoms with Crippen LogP contribution in [0.25, 0.3) is 10.9 Å². The second-order valence-electron chi connectivity index (χ2n) is 14.8. The van der Waals surface area contributed by atoms with Gasteiger partial charge in [-0.2, -0.15) is 9.97 Å². The fourth-order valence-corrected chi connectivity index (χ4v) is 13.2. The SMILES string of the molecule is CC(C)(C)[Si](OC[C@@H]1CC[C@]2(COc3nc(N4CCCC(F)(F)C4)c4cnc(Cl)c(F)c4n3)CCCN12)(c1ccccc1)c1ccccc1. The molecule has 7 nitrogen and oxygen atoms in total. The zero-order valence-electron chi connectivity index (χ0n) is 28.3. The van der Waals surface area contributed by atoms with Gasteiger partial charge in [0.1, 0.15) is 17.9 Å². The summed E-state index contributed by atoms with van der Waals surface area (Å²) >= 11 is 6.02. The van der Waals surface area contributed by atoms with Gasteiger partial charge < -0.3 is 14.1 Å². The molecule has 12 heteroatoms. The summed E-state index contributed by atoms with van der Waals surface area (Å²) < 4.78 is 57.9. The summed E-state index contributed by atoms with van der Waals surface area (Å²) in [5.74, 6) is -3.52. The van der Waals surface area contributed by atoms with Gasteiger partial charge in [-0.25, -0.2) is 18.2 Å². The highest BCUT2D eigenvalue weighted by Crippen LogP contribution is 2.44. The minimum Gasteiger partial charge on any atom is -0.461 e. The average molecular weight is 710 g/mol. The number of piperidine rings is 1. The van der Waals surface area contributed by atoms with E-state index in [0.29, 0.717) is 19.8 Å². The third-order valence-electron chi connectivity index (χ3n) is 10.7. The minimum atomic E-state index is -2.88. The molecule has 5 heterocycles. The standard InChI is InChI=1S/C37H43ClF3N5O2Si/c1-35(2,3)49(27-12-6-4-7-13-27,28-14-8-5-9-15-28)48-23-26-16-19-36(17-10-21-46(26)36)25-47-34-43-31-29(22-42-32(38)30(31)39)33(44-34)45-20-11-18-37(40,41)24-45/h4-9,12-15,22,26H,10-11,16-21,23-25H2,1-3H3/t26-,36-/m0/s1. The van der Waals surface area contributed by atoms with Crippen molar-refractivity contribution in [2.24, 2.45) is 0 Å². The fourth-order valence-electron chi connectivity index (χ4n) is 8.42. The highest BCUT2D eigenvalue weighted by Gasteiger charge is 2.54. The Morgan fingerprint density at radius 2 is 1.61 bits per heavy atom. The molecule has 0 spiro atoms. The van der Waals surface area contributed by atoms with Crippen LogP contribution in [0, 0.1) is 5.82 Å². The van der Waals surface area contributed by atoms with Gasteiger partial charge in [-0.1, -0.05) is 93.0 Å². The Labute approximate surface area is 291 Å². The molecule has 0 radical (unpaired) electrons. The first-order chi connectivity index (χ1) is 23.4. The van der Waals surface area contributed by atoms with Crippen molar-refractivity contribution in [1.82, 2.24) is 19.9 Å². The molecule has 2 aromatic carbocycles. The molecule has 4 aromatic rings. The van der Waals surface area contributed by atoms with E-state index in [-0.39, 0.29) is 57.3 Å². The Bertz CT molecular complexity index is 1760. The molecule has 0 unspecified atom stereocenters. The van der Waals surface area contributed by atoms with Crippen molar-refractivity contribution >= 4 is 47.0 Å². The van der Waals surface area contributed by atoms with E-state index in [4.69, 9.17) is 20.8 Å². The summed E-state index contributed by atoms with van der Waals surface area (Å²) in [4.78, 5) is 16.9. The average Bonchev–Trinajstić information content (AvgIpc) is 3.65. The number of fused-ring (bicyclic) bond motifs is 2. The van der Waals surface area contributed by atoms with Gasteiger partial charge in [0, 0.05) is 25.2 Å². The summed E-state index contributed by atoms with van der Waals surface area (Å²) in [7, 11) is -2.71. The Hall–Kier alpha value is -3.25. The maximum absolute atomic E-state index is 15.3. The third-order valence-corrected chi connectivity index (χ3v) is 16.0. The first-order valence-corrected chi connectivity index (χ1v) is 19.5. The van der Waals surface area contributed by atoms with E-state index in [0.717, 1.165) is 32.2 Å². The summed E-state index contributed by atoms with van der Waals surface area (Å²) in [6.45, 7) is 8.50. The van der Waals surface area contributed by atoms with Gasteiger partial charge in [0.05, 0.1) is 24.1 Å². The Kier molecular flexibility index (Phi) is 9.17. The largest absolute Gasteiger partial charge is 0.461 e. The van der Waals surface area contributed by atoms with Crippen molar-refractivity contribution in [3.05, 3.63) is 77.8 Å². The van der Waals surface area contributed by atoms with E-state index in [2.05, 4.69) is 101 Å². The first kappa shape index (κ1) is 34.2. The van der Waals surface area contributed by atoms with E-state index >= 15 is 4.39 Å². The molecule has 49 heavy (non-hydrogen) atoms. The lowest BCUT2D eigenvalue weighted by Crippen LogP contribution is -2.67. The second-order valence-corrected chi connectivity index (χ2v) is 19.5. The van der Waals surface area contributed by atoms with Crippen LogP contribution in [0.2, 0.25) is 10.2 Å². The van der Waals surface area contributed by atoms with Gasteiger partial charge in [-0.3, -0.25) is 4.90 Å². The molecule has 3 fully saturated rings. The zero-order valence-corrected chi connectivity index (χ0v) is 30.0. The number of anilines is 1. The van der Waals surface area contributed by atoms with Crippen molar-refractivity contribution in [3.63, 3.8) is 0 Å². The number of alkyl halides is 2. The van der Waals surface area contributed by atoms with Crippen LogP contribution in [-0.4, -0.2) is 78.5 Å². The Morgan fingerprint density at radius 3 is 2.27 bits per heavy atom. The van der Waals surface area contributed by atoms with Gasteiger partial charge in [0.2, 0.25) is 0 Å². The fraction of sp³-hybridized carbons (Fsp3) is 0.486. The number of aromatic nitrogens is 3. The molecule has 260 valence electrons. The monoisotopic (exact) mass is 709 g/mol. The van der Waals surface area contributed by atoms with Crippen molar-refractivity contribution in [1.29, 1.82) is 0 Å². The topological polar surface area (TPSA) is 63.6 Å². The van der Waals surface area contributed by atoms with E-state index in [1.807, 2.05) is 0 Å². The number of halogens is 4. The van der Waals surface area contributed by atoms with Gasteiger partial charge in [0.15, 0.2) is 11.0 Å². The molecule has 0 aliphatic carbocycles. The molecule has 3 aliphatic heterocycles. The van der Waals surface area contributed by atoms with E-state index in [1.54, 1.807) is 0 Å². The molecule has 3 saturated heterocycles. The van der Waals surface area contributed by atoms with Crippen molar-refractivity contribution in [2.45, 2.75) is 81.8 Å². The normalized spacial score (nSPS) is 22.8. The summed E-state index contributed by atoms with van der Waals surface area (Å²) in [6, 6.07) is 21.5. The lowest BCUT2D eigenvalue weighted by Gasteiger charge is -2.44. The van der Waals surface area contributed by atoms with Crippen LogP contribution in [0.4, 0.5) is 19.0 Å². The smallest absolute Gasteiger partial charge is 0.319 e. The number of hydrogen-bond acceptors (Lipinski definition) is 7. The predicted molar refractivity (Wildman–Crippen MR) is 189 cm³/mol. The van der Waals surface area contributed by atoms with Gasteiger partial charge in [-0.05, 0) is 54.1 Å². The van der Waals surface area contributed by atoms with E-state index in [9.17, 15) is 8.78 Å². The van der Waals surface area contributed by atoms with Crippen LogP contribution in [-0.2, 0) is 4.43 Å². The Balaban J connectivity index is 1.15. The number of benzene rings is 2. The van der Waals surface area contributed by atoms with Gasteiger partial charge >= 0.3 is 6.01 Å². The maximum Gasteiger partial charge on any atom is 0.319 e. The number of rotatable bonds is 9. The minimum absolute atomic E-state index is 0.0502. The third kappa shape index (κ3) is 6.32. The molecule has 2 atom stereocenters. The van der Waals surface area contributed by atoms with E-state index < -0.39 is 26.6 Å². The van der Waals surface area contributed by atoms with Crippen LogP contribution in [0.5, 0.6) is 6.01 Å². The number of nitrogens with zero attached hydrogens (tertiary/aromatic N) is 5. The number of pyridine rings is 1. The summed E-state index contributed by atoms with van der Waals surface area (Å²) in [6.07, 6.45) is 5.24. The van der Waals surface area contributed by atoms with Gasteiger partial charge in [-0.15, -0.1) is 0 Å². The molecule has 7 rings (SSSR count). The van der Waals surface area contributed by atoms with Crippen molar-refractivity contribution in [2.75, 3.05) is 37.7 Å². The molecule has 0 N–H and O–H groups in total. The molecule has 0 amide bonds. The lowest BCUT2D eigenvalue weighted by atomic mass is 9.95. The predicted octanol–water partition coefficient (Wildman–Crippen LogP) is 7.01.